The molecule has 2 aromatic rings. The Bertz CT molecular complexity index is 704. The van der Waals surface area contributed by atoms with Crippen molar-refractivity contribution in [2.45, 2.75) is 44.3 Å². The lowest BCUT2D eigenvalue weighted by Gasteiger charge is -2.22. The van der Waals surface area contributed by atoms with Gasteiger partial charge in [0.2, 0.25) is 5.82 Å². The fourth-order valence-electron chi connectivity index (χ4n) is 2.98. The van der Waals surface area contributed by atoms with E-state index in [1.165, 1.54) is 0 Å². The quantitative estimate of drug-likeness (QED) is 0.884. The second-order valence-electron chi connectivity index (χ2n) is 5.98. The highest BCUT2D eigenvalue weighted by molar-refractivity contribution is 5.98. The number of H-pyrrole nitrogens is 1. The lowest BCUT2D eigenvalue weighted by Crippen LogP contribution is -2.36. The third kappa shape index (κ3) is 3.60. The van der Waals surface area contributed by atoms with Crippen molar-refractivity contribution >= 4 is 5.91 Å². The number of alkyl halides is 3. The number of halogens is 3. The zero-order chi connectivity index (χ0) is 17.2. The number of hydrogen-bond donors (Lipinski definition) is 2. The Hall–Kier alpha value is -2.31. The molecule has 1 aliphatic rings. The first-order valence-electron chi connectivity index (χ1n) is 7.98. The Labute approximate surface area is 137 Å². The average molecular weight is 337 g/mol. The normalized spacial score (nSPS) is 16.1. The van der Waals surface area contributed by atoms with E-state index in [-0.39, 0.29) is 17.4 Å². The van der Waals surface area contributed by atoms with E-state index in [0.29, 0.717) is 5.56 Å². The molecule has 4 nitrogen and oxygen atoms in total. The Kier molecular flexibility index (Phi) is 4.59. The van der Waals surface area contributed by atoms with Gasteiger partial charge in [0.25, 0.3) is 5.91 Å². The van der Waals surface area contributed by atoms with Gasteiger partial charge in [-0.2, -0.15) is 13.2 Å². The molecular formula is C17H18F3N3O. The van der Waals surface area contributed by atoms with Gasteiger partial charge in [0.05, 0.1) is 0 Å². The van der Waals surface area contributed by atoms with Gasteiger partial charge in [-0.1, -0.05) is 49.6 Å². The van der Waals surface area contributed by atoms with Crippen LogP contribution in [0.25, 0.3) is 11.3 Å². The molecule has 1 aliphatic carbocycles. The van der Waals surface area contributed by atoms with E-state index in [4.69, 9.17) is 0 Å². The monoisotopic (exact) mass is 337 g/mol. The molecule has 0 aliphatic heterocycles. The van der Waals surface area contributed by atoms with E-state index in [9.17, 15) is 18.0 Å². The SMILES string of the molecule is O=C(NC1CCCCC1)c1[nH]c(C(F)(F)F)nc1-c1ccccc1. The highest BCUT2D eigenvalue weighted by Gasteiger charge is 2.37. The van der Waals surface area contributed by atoms with E-state index in [0.717, 1.165) is 32.1 Å². The van der Waals surface area contributed by atoms with Crippen LogP contribution < -0.4 is 5.32 Å². The van der Waals surface area contributed by atoms with Crippen LogP contribution in [0.1, 0.15) is 48.4 Å². The minimum Gasteiger partial charge on any atom is -0.348 e. The van der Waals surface area contributed by atoms with Crippen LogP contribution in [0.3, 0.4) is 0 Å². The van der Waals surface area contributed by atoms with Crippen molar-refractivity contribution in [3.63, 3.8) is 0 Å². The van der Waals surface area contributed by atoms with E-state index >= 15 is 0 Å². The molecule has 1 amide bonds. The summed E-state index contributed by atoms with van der Waals surface area (Å²) in [5.41, 5.74) is 0.355. The molecule has 0 spiro atoms. The minimum atomic E-state index is -4.63. The fraction of sp³-hybridized carbons (Fsp3) is 0.412. The second-order valence-corrected chi connectivity index (χ2v) is 5.98. The molecule has 24 heavy (non-hydrogen) atoms. The number of aromatic nitrogens is 2. The van der Waals surface area contributed by atoms with Crippen LogP contribution in [0.15, 0.2) is 30.3 Å². The highest BCUT2D eigenvalue weighted by atomic mass is 19.4. The van der Waals surface area contributed by atoms with Gasteiger partial charge in [-0.15, -0.1) is 0 Å². The lowest BCUT2D eigenvalue weighted by atomic mass is 9.95. The largest absolute Gasteiger partial charge is 0.449 e. The summed E-state index contributed by atoms with van der Waals surface area (Å²) < 4.78 is 39.0. The predicted octanol–water partition coefficient (Wildman–Crippen LogP) is 4.16. The number of nitrogens with one attached hydrogen (secondary N) is 2. The Morgan fingerprint density at radius 3 is 2.42 bits per heavy atom. The van der Waals surface area contributed by atoms with Gasteiger partial charge in [-0.3, -0.25) is 4.79 Å². The summed E-state index contributed by atoms with van der Waals surface area (Å²) in [6.45, 7) is 0. The van der Waals surface area contributed by atoms with Crippen molar-refractivity contribution in [2.75, 3.05) is 0 Å². The number of imidazole rings is 1. The third-order valence-electron chi connectivity index (χ3n) is 4.19. The van der Waals surface area contributed by atoms with Crippen molar-refractivity contribution < 1.29 is 18.0 Å². The maximum atomic E-state index is 13.0. The highest BCUT2D eigenvalue weighted by Crippen LogP contribution is 2.31. The van der Waals surface area contributed by atoms with Crippen LogP contribution >= 0.6 is 0 Å². The number of amides is 1. The summed E-state index contributed by atoms with van der Waals surface area (Å²) in [6.07, 6.45) is 0.247. The smallest absolute Gasteiger partial charge is 0.348 e. The van der Waals surface area contributed by atoms with Crippen molar-refractivity contribution in [3.8, 4) is 11.3 Å². The first-order chi connectivity index (χ1) is 11.4. The van der Waals surface area contributed by atoms with Gasteiger partial charge in [0.1, 0.15) is 11.4 Å². The van der Waals surface area contributed by atoms with Crippen molar-refractivity contribution in [1.82, 2.24) is 15.3 Å². The zero-order valence-electron chi connectivity index (χ0n) is 13.0. The number of carbonyl (C=O) groups is 1. The molecule has 2 N–H and O–H groups in total. The molecule has 1 aromatic heterocycles. The molecule has 1 aromatic carbocycles. The summed E-state index contributed by atoms with van der Waals surface area (Å²) in [4.78, 5) is 18.3. The molecule has 128 valence electrons. The van der Waals surface area contributed by atoms with Crippen LogP contribution in [0, 0.1) is 0 Å². The van der Waals surface area contributed by atoms with Gasteiger partial charge < -0.3 is 10.3 Å². The number of aromatic amines is 1. The Balaban J connectivity index is 1.92. The van der Waals surface area contributed by atoms with Crippen LogP contribution in [0.5, 0.6) is 0 Å². The Morgan fingerprint density at radius 2 is 1.79 bits per heavy atom. The molecule has 0 atom stereocenters. The average Bonchev–Trinajstić information content (AvgIpc) is 3.02. The van der Waals surface area contributed by atoms with E-state index < -0.39 is 17.9 Å². The maximum Gasteiger partial charge on any atom is 0.449 e. The number of hydrogen-bond acceptors (Lipinski definition) is 2. The summed E-state index contributed by atoms with van der Waals surface area (Å²) in [5.74, 6) is -1.70. The minimum absolute atomic E-state index is 0.00695. The van der Waals surface area contributed by atoms with Gasteiger partial charge in [-0.25, -0.2) is 4.98 Å². The molecule has 1 heterocycles. The number of rotatable bonds is 3. The molecule has 0 saturated heterocycles. The molecule has 1 fully saturated rings. The fourth-order valence-corrected chi connectivity index (χ4v) is 2.98. The number of nitrogens with zero attached hydrogens (tertiary/aromatic N) is 1. The summed E-state index contributed by atoms with van der Waals surface area (Å²) in [5, 5.41) is 2.83. The van der Waals surface area contributed by atoms with Crippen LogP contribution in [0.4, 0.5) is 13.2 Å². The molecule has 0 radical (unpaired) electrons. The predicted molar refractivity (Wildman–Crippen MR) is 83.4 cm³/mol. The number of carbonyl (C=O) groups excluding carboxylic acids is 1. The third-order valence-corrected chi connectivity index (χ3v) is 4.19. The van der Waals surface area contributed by atoms with Crippen LogP contribution in [-0.2, 0) is 6.18 Å². The maximum absolute atomic E-state index is 13.0. The summed E-state index contributed by atoms with van der Waals surface area (Å²) >= 11 is 0. The van der Waals surface area contributed by atoms with Gasteiger partial charge in [-0.05, 0) is 12.8 Å². The lowest BCUT2D eigenvalue weighted by molar-refractivity contribution is -0.144. The first kappa shape index (κ1) is 16.5. The van der Waals surface area contributed by atoms with Crippen molar-refractivity contribution in [3.05, 3.63) is 41.9 Å². The van der Waals surface area contributed by atoms with Crippen LogP contribution in [-0.4, -0.2) is 21.9 Å². The number of benzene rings is 1. The van der Waals surface area contributed by atoms with E-state index in [2.05, 4.69) is 15.3 Å². The first-order valence-corrected chi connectivity index (χ1v) is 7.98. The standard InChI is InChI=1S/C17H18F3N3O/c18-17(19,20)16-22-13(11-7-3-1-4-8-11)14(23-16)15(24)21-12-9-5-2-6-10-12/h1,3-4,7-8,12H,2,5-6,9-10H2,(H,21,24)(H,22,23). The summed E-state index contributed by atoms with van der Waals surface area (Å²) in [6, 6.07) is 8.41. The topological polar surface area (TPSA) is 57.8 Å². The second kappa shape index (κ2) is 6.67. The molecule has 3 rings (SSSR count). The van der Waals surface area contributed by atoms with Gasteiger partial charge in [0, 0.05) is 11.6 Å². The zero-order valence-corrected chi connectivity index (χ0v) is 13.0. The molecule has 0 bridgehead atoms. The van der Waals surface area contributed by atoms with Gasteiger partial charge in [0.15, 0.2) is 0 Å². The Morgan fingerprint density at radius 1 is 1.12 bits per heavy atom. The van der Waals surface area contributed by atoms with E-state index in [1.807, 2.05) is 0 Å². The van der Waals surface area contributed by atoms with Gasteiger partial charge >= 0.3 is 6.18 Å². The van der Waals surface area contributed by atoms with Crippen molar-refractivity contribution in [1.29, 1.82) is 0 Å². The van der Waals surface area contributed by atoms with E-state index in [1.54, 1.807) is 30.3 Å². The molecule has 7 heteroatoms. The van der Waals surface area contributed by atoms with Crippen LogP contribution in [0.2, 0.25) is 0 Å². The molecular weight excluding hydrogens is 319 g/mol. The van der Waals surface area contributed by atoms with Crippen molar-refractivity contribution in [2.24, 2.45) is 0 Å². The summed E-state index contributed by atoms with van der Waals surface area (Å²) in [7, 11) is 0. The molecule has 0 unspecified atom stereocenters. The molecule has 1 saturated carbocycles.